The van der Waals surface area contributed by atoms with E-state index in [1.807, 2.05) is 30.3 Å². The summed E-state index contributed by atoms with van der Waals surface area (Å²) in [6, 6.07) is 9.71. The van der Waals surface area contributed by atoms with Crippen molar-refractivity contribution in [2.45, 2.75) is 13.8 Å². The van der Waals surface area contributed by atoms with Crippen LogP contribution in [0.2, 0.25) is 0 Å². The molecule has 0 saturated carbocycles. The van der Waals surface area contributed by atoms with Gasteiger partial charge < -0.3 is 5.32 Å². The molecule has 1 aromatic heterocycles. The summed E-state index contributed by atoms with van der Waals surface area (Å²) in [5, 5.41) is 2.89. The van der Waals surface area contributed by atoms with E-state index >= 15 is 0 Å². The maximum Gasteiger partial charge on any atom is 0.269 e. The van der Waals surface area contributed by atoms with Gasteiger partial charge in [0.15, 0.2) is 0 Å². The molecule has 0 aliphatic rings. The number of nitrogens with zero attached hydrogens (tertiary/aromatic N) is 2. The third-order valence-corrected chi connectivity index (χ3v) is 2.58. The van der Waals surface area contributed by atoms with E-state index < -0.39 is 0 Å². The lowest BCUT2D eigenvalue weighted by atomic mass is 10.2. The molecule has 94 valence electrons. The van der Waals surface area contributed by atoms with E-state index in [1.54, 1.807) is 17.1 Å². The van der Waals surface area contributed by atoms with Crippen molar-refractivity contribution in [1.82, 2.24) is 14.9 Å². The van der Waals surface area contributed by atoms with Gasteiger partial charge in [-0.3, -0.25) is 9.36 Å². The van der Waals surface area contributed by atoms with Gasteiger partial charge in [0.2, 0.25) is 0 Å². The van der Waals surface area contributed by atoms with Crippen LogP contribution in [0.15, 0.2) is 42.9 Å². The SMILES string of the molecule is CC(C)CNC(=O)c1cncn1-c1ccccc1. The van der Waals surface area contributed by atoms with E-state index in [0.29, 0.717) is 18.2 Å². The number of carbonyl (C=O) groups excluding carboxylic acids is 1. The van der Waals surface area contributed by atoms with E-state index in [1.165, 1.54) is 0 Å². The molecule has 18 heavy (non-hydrogen) atoms. The van der Waals surface area contributed by atoms with Crippen molar-refractivity contribution in [2.24, 2.45) is 5.92 Å². The number of hydrogen-bond acceptors (Lipinski definition) is 2. The van der Waals surface area contributed by atoms with Crippen molar-refractivity contribution in [2.75, 3.05) is 6.54 Å². The first-order valence-corrected chi connectivity index (χ1v) is 6.04. The zero-order valence-corrected chi connectivity index (χ0v) is 10.6. The van der Waals surface area contributed by atoms with E-state index in [4.69, 9.17) is 0 Å². The average Bonchev–Trinajstić information content (AvgIpc) is 2.86. The summed E-state index contributed by atoms with van der Waals surface area (Å²) < 4.78 is 1.79. The first-order valence-electron chi connectivity index (χ1n) is 6.04. The second-order valence-corrected chi connectivity index (χ2v) is 4.59. The highest BCUT2D eigenvalue weighted by molar-refractivity contribution is 5.92. The van der Waals surface area contributed by atoms with Gasteiger partial charge in [-0.1, -0.05) is 32.0 Å². The van der Waals surface area contributed by atoms with Crippen LogP contribution in [0.25, 0.3) is 5.69 Å². The molecule has 0 aliphatic heterocycles. The van der Waals surface area contributed by atoms with Gasteiger partial charge in [-0.25, -0.2) is 4.98 Å². The third-order valence-electron chi connectivity index (χ3n) is 2.58. The second kappa shape index (κ2) is 5.49. The van der Waals surface area contributed by atoms with Crippen LogP contribution < -0.4 is 5.32 Å². The molecule has 0 aliphatic carbocycles. The highest BCUT2D eigenvalue weighted by Crippen LogP contribution is 2.10. The number of nitrogens with one attached hydrogen (secondary N) is 1. The van der Waals surface area contributed by atoms with Crippen LogP contribution in [0.3, 0.4) is 0 Å². The molecule has 0 radical (unpaired) electrons. The molecular formula is C14H17N3O. The predicted octanol–water partition coefficient (Wildman–Crippen LogP) is 2.26. The maximum absolute atomic E-state index is 12.0. The van der Waals surface area contributed by atoms with Crippen LogP contribution in [0, 0.1) is 5.92 Å². The van der Waals surface area contributed by atoms with Gasteiger partial charge in [-0.2, -0.15) is 0 Å². The van der Waals surface area contributed by atoms with Crippen LogP contribution in [-0.2, 0) is 0 Å². The number of carbonyl (C=O) groups is 1. The van der Waals surface area contributed by atoms with Crippen LogP contribution in [0.4, 0.5) is 0 Å². The molecule has 1 amide bonds. The number of amides is 1. The Balaban J connectivity index is 2.20. The highest BCUT2D eigenvalue weighted by atomic mass is 16.1. The zero-order chi connectivity index (χ0) is 13.0. The molecule has 0 saturated heterocycles. The summed E-state index contributed by atoms with van der Waals surface area (Å²) >= 11 is 0. The molecule has 1 N–H and O–H groups in total. The Labute approximate surface area is 107 Å². The van der Waals surface area contributed by atoms with Gasteiger partial charge in [0.1, 0.15) is 5.69 Å². The quantitative estimate of drug-likeness (QED) is 0.895. The van der Waals surface area contributed by atoms with Crippen LogP contribution in [-0.4, -0.2) is 22.0 Å². The summed E-state index contributed by atoms with van der Waals surface area (Å²) in [7, 11) is 0. The Morgan fingerprint density at radius 2 is 2.06 bits per heavy atom. The van der Waals surface area contributed by atoms with Gasteiger partial charge in [-0.15, -0.1) is 0 Å². The summed E-state index contributed by atoms with van der Waals surface area (Å²) in [5.41, 5.74) is 1.49. The highest BCUT2D eigenvalue weighted by Gasteiger charge is 2.12. The summed E-state index contributed by atoms with van der Waals surface area (Å²) in [4.78, 5) is 16.1. The van der Waals surface area contributed by atoms with Gasteiger partial charge in [-0.05, 0) is 18.1 Å². The molecule has 1 aromatic carbocycles. The molecule has 0 fully saturated rings. The van der Waals surface area contributed by atoms with Gasteiger partial charge in [0.05, 0.1) is 12.5 Å². The Bertz CT molecular complexity index is 517. The lowest BCUT2D eigenvalue weighted by Crippen LogP contribution is -2.28. The van der Waals surface area contributed by atoms with Crippen molar-refractivity contribution in [1.29, 1.82) is 0 Å². The molecule has 0 atom stereocenters. The Kier molecular flexibility index (Phi) is 3.77. The summed E-state index contributed by atoms with van der Waals surface area (Å²) in [5.74, 6) is 0.340. The average molecular weight is 243 g/mol. The minimum Gasteiger partial charge on any atom is -0.350 e. The lowest BCUT2D eigenvalue weighted by molar-refractivity contribution is 0.0942. The molecular weight excluding hydrogens is 226 g/mol. The number of imidazole rings is 1. The Hall–Kier alpha value is -2.10. The second-order valence-electron chi connectivity index (χ2n) is 4.59. The Morgan fingerprint density at radius 3 is 2.72 bits per heavy atom. The molecule has 1 heterocycles. The minimum atomic E-state index is -0.0925. The van der Waals surface area contributed by atoms with Crippen LogP contribution in [0.1, 0.15) is 24.3 Å². The fourth-order valence-electron chi connectivity index (χ4n) is 1.64. The fourth-order valence-corrected chi connectivity index (χ4v) is 1.64. The topological polar surface area (TPSA) is 46.9 Å². The van der Waals surface area contributed by atoms with Crippen molar-refractivity contribution < 1.29 is 4.79 Å². The minimum absolute atomic E-state index is 0.0925. The molecule has 0 spiro atoms. The molecule has 4 nitrogen and oxygen atoms in total. The van der Waals surface area contributed by atoms with Crippen molar-refractivity contribution in [3.8, 4) is 5.69 Å². The number of benzene rings is 1. The van der Waals surface area contributed by atoms with Crippen molar-refractivity contribution in [3.63, 3.8) is 0 Å². The third kappa shape index (κ3) is 2.77. The van der Waals surface area contributed by atoms with Crippen LogP contribution in [0.5, 0.6) is 0 Å². The summed E-state index contributed by atoms with van der Waals surface area (Å²) in [6.07, 6.45) is 3.24. The van der Waals surface area contributed by atoms with Gasteiger partial charge in [0, 0.05) is 12.2 Å². The zero-order valence-electron chi connectivity index (χ0n) is 10.6. The molecule has 2 rings (SSSR count). The standard InChI is InChI=1S/C14H17N3O/c1-11(2)8-16-14(18)13-9-15-10-17(13)12-6-4-3-5-7-12/h3-7,9-11H,8H2,1-2H3,(H,16,18). The molecule has 0 unspecified atom stereocenters. The molecule has 4 heteroatoms. The first-order chi connectivity index (χ1) is 8.68. The van der Waals surface area contributed by atoms with Crippen molar-refractivity contribution in [3.05, 3.63) is 48.5 Å². The van der Waals surface area contributed by atoms with Crippen LogP contribution >= 0.6 is 0 Å². The molecule has 2 aromatic rings. The van der Waals surface area contributed by atoms with E-state index in [9.17, 15) is 4.79 Å². The number of aromatic nitrogens is 2. The molecule has 0 bridgehead atoms. The number of rotatable bonds is 4. The van der Waals surface area contributed by atoms with E-state index in [2.05, 4.69) is 24.1 Å². The maximum atomic E-state index is 12.0. The summed E-state index contributed by atoms with van der Waals surface area (Å²) in [6.45, 7) is 4.79. The number of hydrogen-bond donors (Lipinski definition) is 1. The normalized spacial score (nSPS) is 10.6. The predicted molar refractivity (Wildman–Crippen MR) is 70.7 cm³/mol. The van der Waals surface area contributed by atoms with Gasteiger partial charge >= 0.3 is 0 Å². The largest absolute Gasteiger partial charge is 0.350 e. The fraction of sp³-hybridized carbons (Fsp3) is 0.286. The van der Waals surface area contributed by atoms with E-state index in [0.717, 1.165) is 5.69 Å². The van der Waals surface area contributed by atoms with Crippen molar-refractivity contribution >= 4 is 5.91 Å². The lowest BCUT2D eigenvalue weighted by Gasteiger charge is -2.10. The number of para-hydroxylation sites is 1. The first kappa shape index (κ1) is 12.4. The Morgan fingerprint density at radius 1 is 1.33 bits per heavy atom. The monoisotopic (exact) mass is 243 g/mol. The smallest absolute Gasteiger partial charge is 0.269 e. The van der Waals surface area contributed by atoms with Gasteiger partial charge in [0.25, 0.3) is 5.91 Å². The van der Waals surface area contributed by atoms with E-state index in [-0.39, 0.29) is 5.91 Å².